The number of nitrogens with one attached hydrogen (secondary N) is 1. The van der Waals surface area contributed by atoms with E-state index in [2.05, 4.69) is 31.4 Å². The molecule has 1 aromatic carbocycles. The summed E-state index contributed by atoms with van der Waals surface area (Å²) in [5.41, 5.74) is 3.06. The molecular weight excluding hydrogens is 456 g/mol. The lowest BCUT2D eigenvalue weighted by molar-refractivity contribution is -0.131. The second-order valence-corrected chi connectivity index (χ2v) is 9.45. The van der Waals surface area contributed by atoms with Crippen molar-refractivity contribution in [3.63, 3.8) is 0 Å². The number of anilines is 1. The van der Waals surface area contributed by atoms with Crippen molar-refractivity contribution in [1.82, 2.24) is 25.3 Å². The number of ketones is 1. The van der Waals surface area contributed by atoms with Crippen LogP contribution in [0.4, 0.5) is 5.82 Å². The third-order valence-electron chi connectivity index (χ3n) is 7.09. The molecule has 0 aliphatic carbocycles. The highest BCUT2D eigenvalue weighted by Gasteiger charge is 2.37. The van der Waals surface area contributed by atoms with Crippen LogP contribution in [-0.2, 0) is 22.7 Å². The molecule has 5 rings (SSSR count). The highest BCUT2D eigenvalue weighted by Crippen LogP contribution is 2.31. The van der Waals surface area contributed by atoms with E-state index < -0.39 is 11.8 Å². The van der Waals surface area contributed by atoms with Gasteiger partial charge in [0.25, 0.3) is 5.91 Å². The average Bonchev–Trinajstić information content (AvgIpc) is 3.22. The Morgan fingerprint density at radius 3 is 2.62 bits per heavy atom. The number of aldehydes is 1. The summed E-state index contributed by atoms with van der Waals surface area (Å²) in [6, 6.07) is 9.24. The molecule has 2 unspecified atom stereocenters. The van der Waals surface area contributed by atoms with Crippen molar-refractivity contribution in [3.8, 4) is 0 Å². The normalized spacial score (nSPS) is 23.1. The molecule has 178 valence electrons. The van der Waals surface area contributed by atoms with E-state index in [1.54, 1.807) is 6.07 Å². The maximum atomic E-state index is 13.2. The van der Waals surface area contributed by atoms with Gasteiger partial charge in [0.15, 0.2) is 17.3 Å². The van der Waals surface area contributed by atoms with E-state index in [4.69, 9.17) is 11.6 Å². The van der Waals surface area contributed by atoms with Crippen LogP contribution in [0.3, 0.4) is 0 Å². The fraction of sp³-hybridized carbons (Fsp3) is 0.458. The second kappa shape index (κ2) is 9.77. The van der Waals surface area contributed by atoms with Gasteiger partial charge in [-0.25, -0.2) is 0 Å². The number of hydrogen-bond acceptors (Lipinski definition) is 8. The van der Waals surface area contributed by atoms with Gasteiger partial charge >= 0.3 is 0 Å². The molecule has 34 heavy (non-hydrogen) atoms. The quantitative estimate of drug-likeness (QED) is 0.486. The molecule has 4 heterocycles. The zero-order valence-electron chi connectivity index (χ0n) is 18.8. The van der Waals surface area contributed by atoms with E-state index in [0.29, 0.717) is 37.4 Å². The van der Waals surface area contributed by atoms with Gasteiger partial charge in [0.2, 0.25) is 5.78 Å². The SMILES string of the molecule is O=CC(=O)C1CCC(N2Cc3c(CN4CCN(c5ccc(Cl)nn5)CC4)cccc3C2=O)CN1. The monoisotopic (exact) mass is 482 g/mol. The third kappa shape index (κ3) is 4.55. The molecule has 0 spiro atoms. The minimum atomic E-state index is -0.429. The van der Waals surface area contributed by atoms with Crippen molar-refractivity contribution < 1.29 is 14.4 Å². The van der Waals surface area contributed by atoms with Crippen LogP contribution in [0.2, 0.25) is 5.15 Å². The molecule has 10 heteroatoms. The first-order valence-corrected chi connectivity index (χ1v) is 12.0. The van der Waals surface area contributed by atoms with Crippen molar-refractivity contribution in [3.05, 3.63) is 52.2 Å². The number of benzene rings is 1. The Hall–Kier alpha value is -2.88. The van der Waals surface area contributed by atoms with Crippen molar-refractivity contribution in [1.29, 1.82) is 0 Å². The lowest BCUT2D eigenvalue weighted by Gasteiger charge is -2.35. The van der Waals surface area contributed by atoms with Gasteiger partial charge in [-0.1, -0.05) is 23.7 Å². The number of piperazine rings is 1. The van der Waals surface area contributed by atoms with Gasteiger partial charge in [-0.2, -0.15) is 0 Å². The number of carbonyl (C=O) groups is 3. The van der Waals surface area contributed by atoms with Gasteiger partial charge in [-0.05, 0) is 42.2 Å². The molecule has 2 aromatic rings. The molecule has 2 atom stereocenters. The Morgan fingerprint density at radius 1 is 1.12 bits per heavy atom. The zero-order chi connectivity index (χ0) is 23.7. The van der Waals surface area contributed by atoms with Crippen LogP contribution in [-0.4, -0.2) is 82.8 Å². The highest BCUT2D eigenvalue weighted by atomic mass is 35.5. The van der Waals surface area contributed by atoms with Crippen LogP contribution in [0.15, 0.2) is 30.3 Å². The first-order chi connectivity index (χ1) is 16.5. The second-order valence-electron chi connectivity index (χ2n) is 9.07. The minimum Gasteiger partial charge on any atom is -0.353 e. The first-order valence-electron chi connectivity index (χ1n) is 11.6. The summed E-state index contributed by atoms with van der Waals surface area (Å²) in [5.74, 6) is 0.471. The molecule has 3 aliphatic rings. The molecule has 1 N–H and O–H groups in total. The Balaban J connectivity index is 1.21. The van der Waals surface area contributed by atoms with E-state index in [0.717, 1.165) is 49.7 Å². The Bertz CT molecular complexity index is 1080. The number of hydrogen-bond donors (Lipinski definition) is 1. The summed E-state index contributed by atoms with van der Waals surface area (Å²) < 4.78 is 0. The number of aromatic nitrogens is 2. The predicted molar refractivity (Wildman–Crippen MR) is 127 cm³/mol. The Kier molecular flexibility index (Phi) is 6.58. The standard InChI is InChI=1S/C24H27ClN6O3/c25-22-6-7-23(28-27-22)30-10-8-29(9-11-30)13-16-2-1-3-18-19(16)14-31(24(18)34)17-4-5-20(26-12-17)21(33)15-32/h1-3,6-7,15,17,20,26H,4-5,8-14H2. The van der Waals surface area contributed by atoms with Crippen LogP contribution >= 0.6 is 11.6 Å². The van der Waals surface area contributed by atoms with Gasteiger partial charge in [0.1, 0.15) is 0 Å². The zero-order valence-corrected chi connectivity index (χ0v) is 19.6. The molecule has 2 fully saturated rings. The summed E-state index contributed by atoms with van der Waals surface area (Å²) >= 11 is 5.85. The minimum absolute atomic E-state index is 0.0208. The highest BCUT2D eigenvalue weighted by molar-refractivity contribution is 6.29. The molecule has 2 saturated heterocycles. The van der Waals surface area contributed by atoms with E-state index in [1.165, 1.54) is 5.56 Å². The van der Waals surface area contributed by atoms with E-state index in [1.807, 2.05) is 23.1 Å². The van der Waals surface area contributed by atoms with Gasteiger partial charge in [0.05, 0.1) is 6.04 Å². The summed E-state index contributed by atoms with van der Waals surface area (Å²) in [4.78, 5) is 42.1. The molecule has 9 nitrogen and oxygen atoms in total. The third-order valence-corrected chi connectivity index (χ3v) is 7.29. The molecule has 1 aromatic heterocycles. The van der Waals surface area contributed by atoms with Gasteiger partial charge in [-0.3, -0.25) is 19.3 Å². The summed E-state index contributed by atoms with van der Waals surface area (Å²) in [6.07, 6.45) is 1.66. The fourth-order valence-electron chi connectivity index (χ4n) is 5.15. The number of rotatable bonds is 6. The summed E-state index contributed by atoms with van der Waals surface area (Å²) in [7, 11) is 0. The number of halogens is 1. The van der Waals surface area contributed by atoms with Crippen LogP contribution < -0.4 is 10.2 Å². The van der Waals surface area contributed by atoms with E-state index in [-0.39, 0.29) is 11.9 Å². The molecular formula is C24H27ClN6O3. The summed E-state index contributed by atoms with van der Waals surface area (Å²) in [6.45, 7) is 5.39. The van der Waals surface area contributed by atoms with Crippen molar-refractivity contribution in [2.45, 2.75) is 38.0 Å². The molecule has 0 radical (unpaired) electrons. The average molecular weight is 483 g/mol. The smallest absolute Gasteiger partial charge is 0.254 e. The number of piperidine rings is 1. The summed E-state index contributed by atoms with van der Waals surface area (Å²) in [5, 5.41) is 11.6. The maximum Gasteiger partial charge on any atom is 0.254 e. The molecule has 0 bridgehead atoms. The topological polar surface area (TPSA) is 98.7 Å². The van der Waals surface area contributed by atoms with Crippen molar-refractivity contribution in [2.24, 2.45) is 0 Å². The first kappa shape index (κ1) is 22.9. The molecule has 0 saturated carbocycles. The largest absolute Gasteiger partial charge is 0.353 e. The maximum absolute atomic E-state index is 13.2. The van der Waals surface area contributed by atoms with E-state index >= 15 is 0 Å². The number of amides is 1. The van der Waals surface area contributed by atoms with Crippen LogP contribution in [0.5, 0.6) is 0 Å². The van der Waals surface area contributed by atoms with Crippen molar-refractivity contribution >= 4 is 35.4 Å². The predicted octanol–water partition coefficient (Wildman–Crippen LogP) is 1.30. The van der Waals surface area contributed by atoms with Gasteiger partial charge in [-0.15, -0.1) is 10.2 Å². The lowest BCUT2D eigenvalue weighted by Crippen LogP contribution is -2.52. The Morgan fingerprint density at radius 2 is 1.94 bits per heavy atom. The number of carbonyl (C=O) groups excluding carboxylic acids is 3. The van der Waals surface area contributed by atoms with Crippen molar-refractivity contribution in [2.75, 3.05) is 37.6 Å². The number of fused-ring (bicyclic) bond motifs is 1. The molecule has 1 amide bonds. The lowest BCUT2D eigenvalue weighted by atomic mass is 9.97. The van der Waals surface area contributed by atoms with Crippen LogP contribution in [0.1, 0.15) is 34.3 Å². The van der Waals surface area contributed by atoms with Gasteiger partial charge in [0, 0.05) is 57.4 Å². The van der Waals surface area contributed by atoms with E-state index in [9.17, 15) is 14.4 Å². The fourth-order valence-corrected chi connectivity index (χ4v) is 5.25. The number of nitrogens with zero attached hydrogens (tertiary/aromatic N) is 5. The Labute approximate surface area is 203 Å². The van der Waals surface area contributed by atoms with Crippen LogP contribution in [0, 0.1) is 0 Å². The van der Waals surface area contributed by atoms with Crippen LogP contribution in [0.25, 0.3) is 0 Å². The van der Waals surface area contributed by atoms with Gasteiger partial charge < -0.3 is 15.1 Å². The molecule has 3 aliphatic heterocycles. The number of Topliss-reactive ketones (excluding diaryl/α,β-unsaturated/α-hetero) is 1.